The van der Waals surface area contributed by atoms with Gasteiger partial charge >= 0.3 is 22.8 Å². The van der Waals surface area contributed by atoms with Gasteiger partial charge in [-0.25, -0.2) is 57.0 Å². The standard InChI is InChI=1S/C43H44N10O12/c1-46-28-19-35(64-6)33(62-4)17-26(28)44-24(38(46)55)11-13-48-40(57)50-15-10-23-30(52(50)42(48)59)21-51-41(58)49(43(60)53(51)37(23)22-8-9-31(54)32(16-22)61-3)14-12-25-39(56)47(2)29-20-36(65-7)34(63-5)18-27(29)45-25/h8-10,16-20,30,37,54H,11-15,21H2,1-7H3/t30-,37+/m1/s1. The summed E-state index contributed by atoms with van der Waals surface area (Å²) in [6.07, 6.45) is 1.57. The summed E-state index contributed by atoms with van der Waals surface area (Å²) < 4.78 is 36.9. The predicted octanol–water partition coefficient (Wildman–Crippen LogP) is 0.449. The molecule has 6 heterocycles. The molecule has 22 nitrogen and oxygen atoms in total. The third kappa shape index (κ3) is 6.53. The number of benzene rings is 3. The second kappa shape index (κ2) is 15.9. The number of phenolic OH excluding ortho intramolecular Hbond substituents is 1. The molecule has 2 atom stereocenters. The van der Waals surface area contributed by atoms with Crippen LogP contribution in [0.5, 0.6) is 34.5 Å². The first-order valence-corrected chi connectivity index (χ1v) is 20.4. The SMILES string of the molecule is COc1cc([C@H]2C3=CCn4c(=O)n(CCc5nc6cc(OC)c(OC)cc6n(C)c5=O)c(=O)n4[C@@H]3Cn3c(=O)n(CCc4nc5cc(OC)c(OC)cc5n(C)c4=O)c(=O)n32)ccc1O. The van der Waals surface area contributed by atoms with Crippen LogP contribution >= 0.6 is 0 Å². The van der Waals surface area contributed by atoms with Crippen LogP contribution in [0, 0.1) is 0 Å². The van der Waals surface area contributed by atoms with Gasteiger partial charge in [-0.3, -0.25) is 9.59 Å². The first-order chi connectivity index (χ1) is 31.2. The van der Waals surface area contributed by atoms with Gasteiger partial charge in [0.25, 0.3) is 11.1 Å². The highest BCUT2D eigenvalue weighted by atomic mass is 16.5. The number of phenols is 1. The van der Waals surface area contributed by atoms with E-state index in [2.05, 4.69) is 9.97 Å². The molecule has 0 spiro atoms. The molecule has 1 N–H and O–H groups in total. The van der Waals surface area contributed by atoms with E-state index in [1.165, 1.54) is 75.5 Å². The Morgan fingerprint density at radius 3 is 1.58 bits per heavy atom. The summed E-state index contributed by atoms with van der Waals surface area (Å²) in [5.41, 5.74) is -0.635. The Labute approximate surface area is 366 Å². The number of hydrogen-bond donors (Lipinski definition) is 1. The molecule has 0 unspecified atom stereocenters. The van der Waals surface area contributed by atoms with Crippen LogP contribution in [0.3, 0.4) is 0 Å². The molecule has 4 aromatic heterocycles. The Kier molecular flexibility index (Phi) is 10.4. The number of aromatic nitrogens is 10. The fourth-order valence-electron chi connectivity index (χ4n) is 8.98. The lowest BCUT2D eigenvalue weighted by atomic mass is 9.90. The highest BCUT2D eigenvalue weighted by Crippen LogP contribution is 2.41. The lowest BCUT2D eigenvalue weighted by molar-refractivity contribution is 0.245. The van der Waals surface area contributed by atoms with E-state index in [0.29, 0.717) is 56.2 Å². The van der Waals surface area contributed by atoms with Gasteiger partial charge in [0.15, 0.2) is 34.5 Å². The number of aryl methyl sites for hydroxylation is 4. The van der Waals surface area contributed by atoms with Gasteiger partial charge in [-0.05, 0) is 23.3 Å². The number of methoxy groups -OCH3 is 5. The van der Waals surface area contributed by atoms with Crippen molar-refractivity contribution in [3.63, 3.8) is 0 Å². The van der Waals surface area contributed by atoms with Crippen molar-refractivity contribution in [1.29, 1.82) is 0 Å². The minimum atomic E-state index is -1.02. The zero-order valence-corrected chi connectivity index (χ0v) is 36.4. The molecule has 0 saturated carbocycles. The maximum absolute atomic E-state index is 14.5. The number of fused-ring (bicyclic) bond motifs is 6. The van der Waals surface area contributed by atoms with Crippen molar-refractivity contribution in [3.05, 3.63) is 134 Å². The van der Waals surface area contributed by atoms with Crippen LogP contribution in [-0.2, 0) is 53.1 Å². The van der Waals surface area contributed by atoms with Crippen LogP contribution in [0.25, 0.3) is 22.1 Å². The van der Waals surface area contributed by atoms with Crippen molar-refractivity contribution < 1.29 is 28.8 Å². The quantitative estimate of drug-likeness (QED) is 0.164. The summed E-state index contributed by atoms with van der Waals surface area (Å²) in [5.74, 6) is 1.56. The van der Waals surface area contributed by atoms with E-state index in [0.717, 1.165) is 9.13 Å². The molecule has 0 amide bonds. The van der Waals surface area contributed by atoms with Gasteiger partial charge < -0.3 is 37.9 Å². The molecule has 3 aromatic carbocycles. The van der Waals surface area contributed by atoms with E-state index >= 15 is 0 Å². The molecular weight excluding hydrogens is 849 g/mol. The molecule has 0 saturated heterocycles. The molecule has 0 aliphatic carbocycles. The minimum Gasteiger partial charge on any atom is -0.504 e. The third-order valence-corrected chi connectivity index (χ3v) is 12.3. The van der Waals surface area contributed by atoms with Crippen molar-refractivity contribution in [2.24, 2.45) is 14.1 Å². The third-order valence-electron chi connectivity index (χ3n) is 12.3. The lowest BCUT2D eigenvalue weighted by Gasteiger charge is -2.37. The van der Waals surface area contributed by atoms with Crippen LogP contribution in [0.2, 0.25) is 0 Å². The highest BCUT2D eigenvalue weighted by molar-refractivity contribution is 5.80. The molecule has 0 bridgehead atoms. The summed E-state index contributed by atoms with van der Waals surface area (Å²) >= 11 is 0. The number of ether oxygens (including phenoxy) is 5. The fraction of sp³-hybridized carbons (Fsp3) is 0.349. The molecule has 65 heavy (non-hydrogen) atoms. The maximum Gasteiger partial charge on any atom is 0.348 e. The topological polar surface area (TPSA) is 234 Å². The zero-order valence-electron chi connectivity index (χ0n) is 36.4. The van der Waals surface area contributed by atoms with Gasteiger partial charge in [0, 0.05) is 64.3 Å². The minimum absolute atomic E-state index is 0.0660. The number of allylic oxidation sites excluding steroid dienone is 2. The number of nitrogens with zero attached hydrogens (tertiary/aromatic N) is 10. The molecule has 22 heteroatoms. The van der Waals surface area contributed by atoms with Crippen molar-refractivity contribution in [1.82, 2.24) is 47.0 Å². The summed E-state index contributed by atoms with van der Waals surface area (Å²) in [5, 5.41) is 10.5. The van der Waals surface area contributed by atoms with E-state index in [-0.39, 0.29) is 61.9 Å². The maximum atomic E-state index is 14.5. The normalized spacial score (nSPS) is 15.3. The summed E-state index contributed by atoms with van der Waals surface area (Å²) in [6, 6.07) is 9.09. The Bertz CT molecular complexity index is 3530. The van der Waals surface area contributed by atoms with E-state index in [9.17, 15) is 33.9 Å². The average molecular weight is 893 g/mol. The number of aromatic hydroxyl groups is 1. The van der Waals surface area contributed by atoms with Gasteiger partial charge in [-0.2, -0.15) is 0 Å². The largest absolute Gasteiger partial charge is 0.504 e. The monoisotopic (exact) mass is 892 g/mol. The zero-order chi connectivity index (χ0) is 46.2. The molecule has 7 aromatic rings. The second-order valence-electron chi connectivity index (χ2n) is 15.6. The van der Waals surface area contributed by atoms with E-state index in [1.807, 2.05) is 0 Å². The molecular formula is C43H44N10O12. The van der Waals surface area contributed by atoms with Gasteiger partial charge in [0.2, 0.25) is 0 Å². The Morgan fingerprint density at radius 1 is 0.600 bits per heavy atom. The first kappa shape index (κ1) is 42.3. The Hall–Kier alpha value is -8.04. The van der Waals surface area contributed by atoms with Crippen molar-refractivity contribution in [2.45, 2.75) is 51.1 Å². The molecule has 0 fully saturated rings. The van der Waals surface area contributed by atoms with Gasteiger partial charge in [0.05, 0.1) is 76.7 Å². The number of hydrogen-bond acceptors (Lipinski definition) is 14. The molecule has 2 aliphatic heterocycles. The number of rotatable bonds is 12. The lowest BCUT2D eigenvalue weighted by Crippen LogP contribution is -2.47. The van der Waals surface area contributed by atoms with Crippen LogP contribution in [0.4, 0.5) is 0 Å². The molecule has 9 rings (SSSR count). The molecule has 2 aliphatic rings. The fourth-order valence-corrected chi connectivity index (χ4v) is 8.98. The van der Waals surface area contributed by atoms with Crippen molar-refractivity contribution in [2.75, 3.05) is 35.5 Å². The smallest absolute Gasteiger partial charge is 0.348 e. The Balaban J connectivity index is 1.10. The van der Waals surface area contributed by atoms with Crippen molar-refractivity contribution in [3.8, 4) is 34.5 Å². The molecule has 0 radical (unpaired) electrons. The molecule has 338 valence electrons. The van der Waals surface area contributed by atoms with Crippen molar-refractivity contribution >= 4 is 22.1 Å². The van der Waals surface area contributed by atoms with Crippen LogP contribution in [0.1, 0.15) is 29.0 Å². The summed E-state index contributed by atoms with van der Waals surface area (Å²) in [4.78, 5) is 93.7. The summed E-state index contributed by atoms with van der Waals surface area (Å²) in [7, 11) is 10.5. The van der Waals surface area contributed by atoms with Crippen LogP contribution in [0.15, 0.2) is 82.9 Å². The predicted molar refractivity (Wildman–Crippen MR) is 233 cm³/mol. The van der Waals surface area contributed by atoms with Crippen LogP contribution in [-0.4, -0.2) is 87.6 Å². The first-order valence-electron chi connectivity index (χ1n) is 20.4. The van der Waals surface area contributed by atoms with E-state index in [4.69, 9.17) is 23.7 Å². The van der Waals surface area contributed by atoms with E-state index in [1.54, 1.807) is 50.5 Å². The van der Waals surface area contributed by atoms with Gasteiger partial charge in [-0.1, -0.05) is 12.1 Å². The van der Waals surface area contributed by atoms with Crippen LogP contribution < -0.4 is 57.6 Å². The summed E-state index contributed by atoms with van der Waals surface area (Å²) in [6.45, 7) is -0.720. The highest BCUT2D eigenvalue weighted by Gasteiger charge is 2.41. The van der Waals surface area contributed by atoms with Gasteiger partial charge in [-0.15, -0.1) is 0 Å². The second-order valence-corrected chi connectivity index (χ2v) is 15.6. The van der Waals surface area contributed by atoms with Gasteiger partial charge in [0.1, 0.15) is 17.4 Å². The van der Waals surface area contributed by atoms with E-state index < -0.39 is 46.0 Å². The average Bonchev–Trinajstić information content (AvgIpc) is 3.71. The Morgan fingerprint density at radius 2 is 1.08 bits per heavy atom.